The molecule has 1 aromatic heterocycles. The number of carboxylic acid groups (broad SMARTS) is 1. The molecule has 1 atom stereocenters. The van der Waals surface area contributed by atoms with Gasteiger partial charge in [-0.05, 0) is 25.1 Å². The number of aliphatic carboxylic acids is 1. The number of nitrogens with one attached hydrogen (secondary N) is 1. The summed E-state index contributed by atoms with van der Waals surface area (Å²) in [6.45, 7) is 0.851. The highest BCUT2D eigenvalue weighted by molar-refractivity contribution is 5.83. The Kier molecular flexibility index (Phi) is 5.48. The summed E-state index contributed by atoms with van der Waals surface area (Å²) in [5.41, 5.74) is 0.204. The lowest BCUT2D eigenvalue weighted by Crippen LogP contribution is -2.41. The summed E-state index contributed by atoms with van der Waals surface area (Å²) in [5, 5.41) is 15.1. The van der Waals surface area contributed by atoms with E-state index in [1.54, 1.807) is 0 Å². The van der Waals surface area contributed by atoms with E-state index in [2.05, 4.69) is 10.4 Å². The van der Waals surface area contributed by atoms with Gasteiger partial charge in [-0.3, -0.25) is 14.4 Å². The second-order valence-electron chi connectivity index (χ2n) is 5.19. The third kappa shape index (κ3) is 4.40. The molecule has 25 heavy (non-hydrogen) atoms. The first-order valence-corrected chi connectivity index (χ1v) is 7.26. The number of ether oxygens (including phenoxy) is 1. The van der Waals surface area contributed by atoms with Crippen LogP contribution in [0.25, 0.3) is 11.3 Å². The molecular formula is C16H16FN3O5. The number of methoxy groups -OCH3 is 1. The normalized spacial score (nSPS) is 11.6. The van der Waals surface area contributed by atoms with Gasteiger partial charge in [0, 0.05) is 17.7 Å². The molecule has 0 radical (unpaired) electrons. The summed E-state index contributed by atoms with van der Waals surface area (Å²) in [5.74, 6) is -2.14. The number of benzene rings is 1. The average molecular weight is 349 g/mol. The third-order valence-corrected chi connectivity index (χ3v) is 3.35. The molecule has 0 bridgehead atoms. The molecule has 1 aromatic carbocycles. The van der Waals surface area contributed by atoms with Crippen LogP contribution in [0.3, 0.4) is 0 Å². The van der Waals surface area contributed by atoms with Crippen molar-refractivity contribution in [2.24, 2.45) is 0 Å². The molecule has 0 spiro atoms. The molecule has 0 aliphatic rings. The SMILES string of the molecule is COc1cc(F)ccc1-c1ccc(=O)n(CC(=O)N[C@H](C)C(=O)O)n1. The van der Waals surface area contributed by atoms with Crippen LogP contribution in [0.5, 0.6) is 5.75 Å². The molecule has 8 nitrogen and oxygen atoms in total. The largest absolute Gasteiger partial charge is 0.496 e. The van der Waals surface area contributed by atoms with Gasteiger partial charge in [0.1, 0.15) is 24.2 Å². The molecule has 1 amide bonds. The van der Waals surface area contributed by atoms with Crippen molar-refractivity contribution in [3.05, 3.63) is 46.5 Å². The minimum absolute atomic E-state index is 0.224. The first-order chi connectivity index (χ1) is 11.8. The molecule has 9 heteroatoms. The van der Waals surface area contributed by atoms with E-state index in [1.165, 1.54) is 44.4 Å². The lowest BCUT2D eigenvalue weighted by atomic mass is 10.1. The van der Waals surface area contributed by atoms with Gasteiger partial charge in [-0.1, -0.05) is 0 Å². The van der Waals surface area contributed by atoms with E-state index in [-0.39, 0.29) is 5.75 Å². The highest BCUT2D eigenvalue weighted by Gasteiger charge is 2.16. The molecule has 0 aliphatic carbocycles. The lowest BCUT2D eigenvalue weighted by Gasteiger charge is -2.12. The monoisotopic (exact) mass is 349 g/mol. The van der Waals surface area contributed by atoms with Gasteiger partial charge in [-0.15, -0.1) is 0 Å². The topological polar surface area (TPSA) is 111 Å². The smallest absolute Gasteiger partial charge is 0.325 e. The van der Waals surface area contributed by atoms with Crippen LogP contribution < -0.4 is 15.6 Å². The molecule has 0 unspecified atom stereocenters. The van der Waals surface area contributed by atoms with Crippen LogP contribution in [0.2, 0.25) is 0 Å². The molecule has 1 heterocycles. The van der Waals surface area contributed by atoms with Gasteiger partial charge in [0.15, 0.2) is 0 Å². The molecule has 2 rings (SSSR count). The van der Waals surface area contributed by atoms with Crippen LogP contribution in [0, 0.1) is 5.82 Å². The molecule has 2 N–H and O–H groups in total. The van der Waals surface area contributed by atoms with E-state index in [0.717, 1.165) is 4.68 Å². The molecule has 0 saturated heterocycles. The Hall–Kier alpha value is -3.23. The van der Waals surface area contributed by atoms with Crippen molar-refractivity contribution in [3.63, 3.8) is 0 Å². The van der Waals surface area contributed by atoms with Crippen LogP contribution >= 0.6 is 0 Å². The van der Waals surface area contributed by atoms with E-state index >= 15 is 0 Å². The van der Waals surface area contributed by atoms with Crippen LogP contribution in [0.15, 0.2) is 35.1 Å². The molecule has 0 saturated carbocycles. The van der Waals surface area contributed by atoms with E-state index in [0.29, 0.717) is 11.3 Å². The number of aromatic nitrogens is 2. The predicted octanol–water partition coefficient (Wildman–Crippen LogP) is 0.647. The third-order valence-electron chi connectivity index (χ3n) is 3.35. The fourth-order valence-corrected chi connectivity index (χ4v) is 2.07. The van der Waals surface area contributed by atoms with E-state index in [4.69, 9.17) is 9.84 Å². The zero-order valence-corrected chi connectivity index (χ0v) is 13.5. The summed E-state index contributed by atoms with van der Waals surface area (Å²) in [6.07, 6.45) is 0. The van der Waals surface area contributed by atoms with Gasteiger partial charge < -0.3 is 15.2 Å². The average Bonchev–Trinajstić information content (AvgIpc) is 2.56. The Morgan fingerprint density at radius 2 is 2.08 bits per heavy atom. The van der Waals surface area contributed by atoms with Gasteiger partial charge in [0.05, 0.1) is 12.8 Å². The Bertz CT molecular complexity index is 865. The second-order valence-corrected chi connectivity index (χ2v) is 5.19. The minimum Gasteiger partial charge on any atom is -0.496 e. The Morgan fingerprint density at radius 1 is 1.36 bits per heavy atom. The van der Waals surface area contributed by atoms with Gasteiger partial charge >= 0.3 is 5.97 Å². The number of carboxylic acids is 1. The molecule has 2 aromatic rings. The molecule has 0 fully saturated rings. The zero-order valence-electron chi connectivity index (χ0n) is 13.5. The van der Waals surface area contributed by atoms with Crippen molar-refractivity contribution >= 4 is 11.9 Å². The maximum absolute atomic E-state index is 13.3. The first kappa shape index (κ1) is 18.1. The number of rotatable bonds is 6. The summed E-state index contributed by atoms with van der Waals surface area (Å²) in [6, 6.07) is 5.37. The van der Waals surface area contributed by atoms with Crippen molar-refractivity contribution in [1.82, 2.24) is 15.1 Å². The van der Waals surface area contributed by atoms with Gasteiger partial charge in [0.2, 0.25) is 5.91 Å². The summed E-state index contributed by atoms with van der Waals surface area (Å²) in [4.78, 5) is 34.5. The Balaban J connectivity index is 2.31. The van der Waals surface area contributed by atoms with Crippen molar-refractivity contribution in [1.29, 1.82) is 0 Å². The van der Waals surface area contributed by atoms with Crippen LogP contribution in [0.4, 0.5) is 4.39 Å². The lowest BCUT2D eigenvalue weighted by molar-refractivity contribution is -0.141. The number of nitrogens with zero attached hydrogens (tertiary/aromatic N) is 2. The van der Waals surface area contributed by atoms with Gasteiger partial charge in [0.25, 0.3) is 5.56 Å². The molecule has 132 valence electrons. The Morgan fingerprint density at radius 3 is 2.72 bits per heavy atom. The van der Waals surface area contributed by atoms with Crippen molar-refractivity contribution in [2.75, 3.05) is 7.11 Å². The number of halogens is 1. The van der Waals surface area contributed by atoms with E-state index in [9.17, 15) is 18.8 Å². The van der Waals surface area contributed by atoms with Crippen molar-refractivity contribution in [3.8, 4) is 17.0 Å². The maximum atomic E-state index is 13.3. The number of amides is 1. The summed E-state index contributed by atoms with van der Waals surface area (Å²) >= 11 is 0. The minimum atomic E-state index is -1.20. The second kappa shape index (κ2) is 7.56. The highest BCUT2D eigenvalue weighted by atomic mass is 19.1. The van der Waals surface area contributed by atoms with Crippen LogP contribution in [-0.2, 0) is 16.1 Å². The van der Waals surface area contributed by atoms with E-state index < -0.39 is 35.8 Å². The predicted molar refractivity (Wildman–Crippen MR) is 85.7 cm³/mol. The quantitative estimate of drug-likeness (QED) is 0.792. The standard InChI is InChI=1S/C16H16FN3O5/c1-9(16(23)24)18-14(21)8-20-15(22)6-5-12(19-20)11-4-3-10(17)7-13(11)25-2/h3-7,9H,8H2,1-2H3,(H,18,21)(H,23,24)/t9-/m1/s1. The number of hydrogen-bond acceptors (Lipinski definition) is 5. The number of hydrogen-bond donors (Lipinski definition) is 2. The van der Waals surface area contributed by atoms with Crippen LogP contribution in [0.1, 0.15) is 6.92 Å². The van der Waals surface area contributed by atoms with Crippen molar-refractivity contribution < 1.29 is 23.8 Å². The number of carbonyl (C=O) groups excluding carboxylic acids is 1. The van der Waals surface area contributed by atoms with Crippen LogP contribution in [-0.4, -0.2) is 39.9 Å². The summed E-state index contributed by atoms with van der Waals surface area (Å²) < 4.78 is 19.3. The highest BCUT2D eigenvalue weighted by Crippen LogP contribution is 2.28. The van der Waals surface area contributed by atoms with Gasteiger partial charge in [-0.25, -0.2) is 9.07 Å². The zero-order chi connectivity index (χ0) is 18.6. The first-order valence-electron chi connectivity index (χ1n) is 7.26. The van der Waals surface area contributed by atoms with Crippen molar-refractivity contribution in [2.45, 2.75) is 19.5 Å². The Labute approximate surface area is 141 Å². The van der Waals surface area contributed by atoms with Gasteiger partial charge in [-0.2, -0.15) is 5.10 Å². The maximum Gasteiger partial charge on any atom is 0.325 e. The number of carbonyl (C=O) groups is 2. The fourth-order valence-electron chi connectivity index (χ4n) is 2.07. The molecular weight excluding hydrogens is 333 g/mol. The fraction of sp³-hybridized carbons (Fsp3) is 0.250. The van der Waals surface area contributed by atoms with E-state index in [1.807, 2.05) is 0 Å². The summed E-state index contributed by atoms with van der Waals surface area (Å²) in [7, 11) is 1.37. The molecule has 0 aliphatic heterocycles.